The minimum atomic E-state index is -3.93. The van der Waals surface area contributed by atoms with Crippen molar-refractivity contribution in [1.29, 1.82) is 0 Å². The first-order chi connectivity index (χ1) is 14.3. The number of anilines is 1. The molecular formula is C22H20Cl2N2O3S. The van der Waals surface area contributed by atoms with Crippen LogP contribution in [0.5, 0.6) is 0 Å². The first-order valence-electron chi connectivity index (χ1n) is 9.11. The predicted octanol–water partition coefficient (Wildman–Crippen LogP) is 5.13. The number of aryl methyl sites for hydroxylation is 1. The zero-order valence-electron chi connectivity index (χ0n) is 16.2. The van der Waals surface area contributed by atoms with Crippen molar-refractivity contribution >= 4 is 44.8 Å². The number of nitrogens with zero attached hydrogens (tertiary/aromatic N) is 1. The molecule has 0 aliphatic rings. The van der Waals surface area contributed by atoms with Gasteiger partial charge in [-0.05, 0) is 54.4 Å². The number of halogens is 2. The van der Waals surface area contributed by atoms with Crippen LogP contribution in [0.15, 0.2) is 77.7 Å². The van der Waals surface area contributed by atoms with E-state index in [1.54, 1.807) is 18.2 Å². The van der Waals surface area contributed by atoms with Gasteiger partial charge in [-0.15, -0.1) is 0 Å². The van der Waals surface area contributed by atoms with Crippen LogP contribution in [0.25, 0.3) is 0 Å². The van der Waals surface area contributed by atoms with Crippen LogP contribution in [-0.2, 0) is 21.4 Å². The predicted molar refractivity (Wildman–Crippen MR) is 120 cm³/mol. The molecule has 0 heterocycles. The summed E-state index contributed by atoms with van der Waals surface area (Å²) in [7, 11) is -3.93. The third kappa shape index (κ3) is 5.61. The molecule has 0 saturated carbocycles. The van der Waals surface area contributed by atoms with E-state index in [0.717, 1.165) is 15.4 Å². The molecule has 0 atom stereocenters. The Labute approximate surface area is 186 Å². The van der Waals surface area contributed by atoms with Crippen LogP contribution >= 0.6 is 23.2 Å². The first kappa shape index (κ1) is 22.3. The maximum atomic E-state index is 13.2. The largest absolute Gasteiger partial charge is 0.325 e. The van der Waals surface area contributed by atoms with E-state index in [1.165, 1.54) is 24.3 Å². The van der Waals surface area contributed by atoms with E-state index >= 15 is 0 Å². The maximum Gasteiger partial charge on any atom is 0.243 e. The molecule has 1 N–H and O–H groups in total. The van der Waals surface area contributed by atoms with Gasteiger partial charge in [-0.3, -0.25) is 4.79 Å². The zero-order chi connectivity index (χ0) is 21.7. The first-order valence-corrected chi connectivity index (χ1v) is 11.3. The van der Waals surface area contributed by atoms with E-state index in [2.05, 4.69) is 5.32 Å². The lowest BCUT2D eigenvalue weighted by molar-refractivity contribution is -0.116. The molecule has 0 bridgehead atoms. The molecule has 3 aromatic rings. The summed E-state index contributed by atoms with van der Waals surface area (Å²) in [6.07, 6.45) is 0. The Kier molecular flexibility index (Phi) is 7.15. The maximum absolute atomic E-state index is 13.2. The molecule has 0 unspecified atom stereocenters. The van der Waals surface area contributed by atoms with Gasteiger partial charge in [-0.2, -0.15) is 4.31 Å². The molecule has 1 amide bonds. The van der Waals surface area contributed by atoms with E-state index in [-0.39, 0.29) is 18.0 Å². The number of nitrogens with one attached hydrogen (secondary N) is 1. The van der Waals surface area contributed by atoms with Crippen molar-refractivity contribution in [2.24, 2.45) is 0 Å². The number of hydrogen-bond donors (Lipinski definition) is 1. The smallest absolute Gasteiger partial charge is 0.243 e. The molecule has 30 heavy (non-hydrogen) atoms. The van der Waals surface area contributed by atoms with Gasteiger partial charge in [-0.1, -0.05) is 59.6 Å². The minimum Gasteiger partial charge on any atom is -0.325 e. The van der Waals surface area contributed by atoms with Crippen molar-refractivity contribution in [3.63, 3.8) is 0 Å². The van der Waals surface area contributed by atoms with Gasteiger partial charge in [0.15, 0.2) is 0 Å². The van der Waals surface area contributed by atoms with Crippen molar-refractivity contribution in [3.8, 4) is 0 Å². The van der Waals surface area contributed by atoms with Crippen LogP contribution in [0.4, 0.5) is 5.69 Å². The quantitative estimate of drug-likeness (QED) is 0.528. The average Bonchev–Trinajstić information content (AvgIpc) is 2.71. The summed E-state index contributed by atoms with van der Waals surface area (Å²) < 4.78 is 27.6. The van der Waals surface area contributed by atoms with E-state index < -0.39 is 15.9 Å². The fourth-order valence-electron chi connectivity index (χ4n) is 2.80. The fourth-order valence-corrected chi connectivity index (χ4v) is 4.49. The van der Waals surface area contributed by atoms with Crippen molar-refractivity contribution < 1.29 is 13.2 Å². The van der Waals surface area contributed by atoms with Crippen LogP contribution in [0.1, 0.15) is 11.1 Å². The number of carbonyl (C=O) groups excluding carboxylic acids is 1. The fraction of sp³-hybridized carbons (Fsp3) is 0.136. The van der Waals surface area contributed by atoms with Crippen molar-refractivity contribution in [2.75, 3.05) is 11.9 Å². The number of amides is 1. The lowest BCUT2D eigenvalue weighted by Gasteiger charge is -2.22. The molecule has 0 aliphatic heterocycles. The van der Waals surface area contributed by atoms with E-state index in [0.29, 0.717) is 15.7 Å². The average molecular weight is 463 g/mol. The molecule has 0 aromatic heterocycles. The molecule has 0 radical (unpaired) electrons. The Morgan fingerprint density at radius 1 is 0.967 bits per heavy atom. The minimum absolute atomic E-state index is 0.0495. The summed E-state index contributed by atoms with van der Waals surface area (Å²) >= 11 is 12.0. The SMILES string of the molecule is Cc1ccc(NC(=O)CN(Cc2ccccc2)S(=O)(=O)c2ccc(Cl)cc2)cc1Cl. The van der Waals surface area contributed by atoms with Crippen molar-refractivity contribution in [1.82, 2.24) is 4.31 Å². The van der Waals surface area contributed by atoms with Crippen LogP contribution in [0, 0.1) is 6.92 Å². The molecule has 8 heteroatoms. The molecule has 3 rings (SSSR count). The molecule has 0 saturated heterocycles. The summed E-state index contributed by atoms with van der Waals surface area (Å²) in [5, 5.41) is 3.65. The highest BCUT2D eigenvalue weighted by molar-refractivity contribution is 7.89. The Balaban J connectivity index is 1.86. The van der Waals surface area contributed by atoms with Crippen LogP contribution < -0.4 is 5.32 Å². The summed E-state index contributed by atoms with van der Waals surface area (Å²) in [5.74, 6) is -0.469. The normalized spacial score (nSPS) is 11.5. The topological polar surface area (TPSA) is 66.5 Å². The van der Waals surface area contributed by atoms with Crippen LogP contribution in [-0.4, -0.2) is 25.2 Å². The van der Waals surface area contributed by atoms with Crippen molar-refractivity contribution in [3.05, 3.63) is 94.0 Å². The third-order valence-corrected chi connectivity index (χ3v) is 6.89. The molecule has 5 nitrogen and oxygen atoms in total. The van der Waals surface area contributed by atoms with Gasteiger partial charge in [-0.25, -0.2) is 8.42 Å². The van der Waals surface area contributed by atoms with Gasteiger partial charge in [0.05, 0.1) is 11.4 Å². The highest BCUT2D eigenvalue weighted by atomic mass is 35.5. The number of benzene rings is 3. The molecular weight excluding hydrogens is 443 g/mol. The third-order valence-electron chi connectivity index (χ3n) is 4.43. The van der Waals surface area contributed by atoms with Gasteiger partial charge in [0.2, 0.25) is 15.9 Å². The van der Waals surface area contributed by atoms with Crippen molar-refractivity contribution in [2.45, 2.75) is 18.4 Å². The second kappa shape index (κ2) is 9.62. The molecule has 0 spiro atoms. The molecule has 0 aliphatic carbocycles. The molecule has 156 valence electrons. The van der Waals surface area contributed by atoms with Gasteiger partial charge in [0.1, 0.15) is 0 Å². The second-order valence-electron chi connectivity index (χ2n) is 6.72. The van der Waals surface area contributed by atoms with Crippen LogP contribution in [0.2, 0.25) is 10.0 Å². The standard InChI is InChI=1S/C22H20Cl2N2O3S/c1-16-7-10-19(13-21(16)24)25-22(27)15-26(14-17-5-3-2-4-6-17)30(28,29)20-11-8-18(23)9-12-20/h2-13H,14-15H2,1H3,(H,25,27). The van der Waals surface area contributed by atoms with E-state index in [4.69, 9.17) is 23.2 Å². The summed E-state index contributed by atoms with van der Waals surface area (Å²) in [6, 6.07) is 20.1. The highest BCUT2D eigenvalue weighted by Crippen LogP contribution is 2.22. The Morgan fingerprint density at radius 2 is 1.63 bits per heavy atom. The number of carbonyl (C=O) groups is 1. The van der Waals surface area contributed by atoms with Gasteiger partial charge >= 0.3 is 0 Å². The summed E-state index contributed by atoms with van der Waals surface area (Å²) in [6.45, 7) is 1.55. The van der Waals surface area contributed by atoms with Gasteiger partial charge < -0.3 is 5.32 Å². The van der Waals surface area contributed by atoms with Gasteiger partial charge in [0.25, 0.3) is 0 Å². The summed E-state index contributed by atoms with van der Waals surface area (Å²) in [4.78, 5) is 12.7. The molecule has 0 fully saturated rings. The number of hydrogen-bond acceptors (Lipinski definition) is 3. The summed E-state index contributed by atoms with van der Waals surface area (Å²) in [5.41, 5.74) is 2.14. The number of rotatable bonds is 7. The lowest BCUT2D eigenvalue weighted by atomic mass is 10.2. The zero-order valence-corrected chi connectivity index (χ0v) is 18.5. The van der Waals surface area contributed by atoms with Gasteiger partial charge in [0, 0.05) is 22.3 Å². The Hall–Kier alpha value is -2.38. The van der Waals surface area contributed by atoms with E-state index in [1.807, 2.05) is 37.3 Å². The van der Waals surface area contributed by atoms with E-state index in [9.17, 15) is 13.2 Å². The Bertz CT molecular complexity index is 1130. The highest BCUT2D eigenvalue weighted by Gasteiger charge is 2.27. The molecule has 3 aromatic carbocycles. The van der Waals surface area contributed by atoms with Crippen LogP contribution in [0.3, 0.4) is 0 Å². The number of sulfonamides is 1. The second-order valence-corrected chi connectivity index (χ2v) is 9.51. The lowest BCUT2D eigenvalue weighted by Crippen LogP contribution is -2.37. The monoisotopic (exact) mass is 462 g/mol. The Morgan fingerprint density at radius 3 is 2.27 bits per heavy atom.